The Hall–Kier alpha value is -2.57. The Morgan fingerprint density at radius 3 is 2.64 bits per heavy atom. The van der Waals surface area contributed by atoms with Crippen molar-refractivity contribution in [1.82, 2.24) is 20.0 Å². The molecule has 1 fully saturated rings. The summed E-state index contributed by atoms with van der Waals surface area (Å²) in [5.74, 6) is 0.644. The Kier molecular flexibility index (Phi) is 5.50. The molecule has 1 atom stereocenters. The van der Waals surface area contributed by atoms with Gasteiger partial charge in [-0.05, 0) is 57.1 Å². The lowest BCUT2D eigenvalue weighted by Gasteiger charge is -2.26. The summed E-state index contributed by atoms with van der Waals surface area (Å²) in [6.07, 6.45) is 4.00. The van der Waals surface area contributed by atoms with E-state index in [0.29, 0.717) is 23.0 Å². The molecule has 2 aromatic heterocycles. The average molecular weight is 399 g/mol. The van der Waals surface area contributed by atoms with Crippen LogP contribution in [-0.4, -0.2) is 40.2 Å². The van der Waals surface area contributed by atoms with Crippen molar-refractivity contribution in [2.75, 3.05) is 19.6 Å². The van der Waals surface area contributed by atoms with Gasteiger partial charge >= 0.3 is 0 Å². The second kappa shape index (κ2) is 8.20. The fraction of sp³-hybridized carbons (Fsp3) is 0.333. The van der Waals surface area contributed by atoms with Crippen molar-refractivity contribution < 1.29 is 9.21 Å². The van der Waals surface area contributed by atoms with Crippen LogP contribution in [0.2, 0.25) is 5.15 Å². The topological polar surface area (TPSA) is 63.3 Å². The number of carbonyl (C=O) groups excluding carboxylic acids is 1. The molecule has 6 nitrogen and oxygen atoms in total. The van der Waals surface area contributed by atoms with Gasteiger partial charge in [0.15, 0.2) is 0 Å². The summed E-state index contributed by atoms with van der Waals surface area (Å²) in [6, 6.07) is 13.4. The molecular formula is C21H23ClN4O2. The molecule has 7 heteroatoms. The van der Waals surface area contributed by atoms with Crippen LogP contribution in [0.5, 0.6) is 0 Å². The Balaban J connectivity index is 1.52. The molecular weight excluding hydrogens is 376 g/mol. The quantitative estimate of drug-likeness (QED) is 0.681. The van der Waals surface area contributed by atoms with Crippen LogP contribution in [0.1, 0.15) is 40.7 Å². The Morgan fingerprint density at radius 2 is 1.96 bits per heavy atom. The molecule has 146 valence electrons. The van der Waals surface area contributed by atoms with Gasteiger partial charge in [-0.25, -0.2) is 4.68 Å². The van der Waals surface area contributed by atoms with Crippen molar-refractivity contribution in [2.24, 2.45) is 0 Å². The van der Waals surface area contributed by atoms with Crippen LogP contribution in [0.15, 0.2) is 53.1 Å². The van der Waals surface area contributed by atoms with Crippen LogP contribution in [0.4, 0.5) is 0 Å². The van der Waals surface area contributed by atoms with Gasteiger partial charge in [0.2, 0.25) is 0 Å². The normalized spacial score (nSPS) is 15.6. The van der Waals surface area contributed by atoms with Gasteiger partial charge in [-0.3, -0.25) is 9.69 Å². The minimum Gasteiger partial charge on any atom is -0.468 e. The summed E-state index contributed by atoms with van der Waals surface area (Å²) in [5, 5.41) is 7.80. The van der Waals surface area contributed by atoms with E-state index in [0.717, 1.165) is 24.5 Å². The Labute approximate surface area is 169 Å². The Bertz CT molecular complexity index is 931. The summed E-state index contributed by atoms with van der Waals surface area (Å²) < 4.78 is 7.21. The SMILES string of the molecule is Cc1nn(-c2ccccc2)c(Cl)c1C(=O)NCC(c1ccco1)N1CCCC1. The van der Waals surface area contributed by atoms with E-state index in [1.807, 2.05) is 42.5 Å². The molecule has 0 spiro atoms. The van der Waals surface area contributed by atoms with Crippen LogP contribution < -0.4 is 5.32 Å². The zero-order valence-corrected chi connectivity index (χ0v) is 16.5. The van der Waals surface area contributed by atoms with E-state index >= 15 is 0 Å². The lowest BCUT2D eigenvalue weighted by Crippen LogP contribution is -2.36. The molecule has 0 radical (unpaired) electrons. The predicted octanol–water partition coefficient (Wildman–Crippen LogP) is 3.99. The first kappa shape index (κ1) is 18.8. The van der Waals surface area contributed by atoms with E-state index in [4.69, 9.17) is 16.0 Å². The van der Waals surface area contributed by atoms with Gasteiger partial charge in [0.05, 0.1) is 29.2 Å². The molecule has 0 aliphatic carbocycles. The highest BCUT2D eigenvalue weighted by molar-refractivity contribution is 6.33. The average Bonchev–Trinajstić information content (AvgIpc) is 3.45. The van der Waals surface area contributed by atoms with Crippen molar-refractivity contribution in [3.8, 4) is 5.69 Å². The number of likely N-dealkylation sites (tertiary alicyclic amines) is 1. The molecule has 1 amide bonds. The van der Waals surface area contributed by atoms with Crippen molar-refractivity contribution >= 4 is 17.5 Å². The number of hydrogen-bond acceptors (Lipinski definition) is 4. The van der Waals surface area contributed by atoms with E-state index in [2.05, 4.69) is 15.3 Å². The smallest absolute Gasteiger partial charge is 0.256 e. The lowest BCUT2D eigenvalue weighted by molar-refractivity contribution is 0.0933. The number of aryl methyl sites for hydroxylation is 1. The standard InChI is InChI=1S/C21H23ClN4O2/c1-15-19(20(22)26(24-15)16-8-3-2-4-9-16)21(27)23-14-17(18-10-7-13-28-18)25-11-5-6-12-25/h2-4,7-10,13,17H,5-6,11-12,14H2,1H3,(H,23,27). The number of amides is 1. The summed E-state index contributed by atoms with van der Waals surface area (Å²) in [6.45, 7) is 4.27. The molecule has 1 N–H and O–H groups in total. The minimum atomic E-state index is -0.222. The number of hydrogen-bond donors (Lipinski definition) is 1. The van der Waals surface area contributed by atoms with Crippen LogP contribution in [0.25, 0.3) is 5.69 Å². The number of halogens is 1. The number of furan rings is 1. The maximum Gasteiger partial charge on any atom is 0.256 e. The maximum absolute atomic E-state index is 12.9. The molecule has 28 heavy (non-hydrogen) atoms. The number of aromatic nitrogens is 2. The molecule has 1 unspecified atom stereocenters. The third-order valence-electron chi connectivity index (χ3n) is 5.14. The monoisotopic (exact) mass is 398 g/mol. The van der Waals surface area contributed by atoms with Gasteiger partial charge in [-0.15, -0.1) is 0 Å². The van der Waals surface area contributed by atoms with Crippen LogP contribution in [-0.2, 0) is 0 Å². The molecule has 3 aromatic rings. The maximum atomic E-state index is 12.9. The molecule has 3 heterocycles. The highest BCUT2D eigenvalue weighted by Gasteiger charge is 2.27. The molecule has 0 bridgehead atoms. The predicted molar refractivity (Wildman–Crippen MR) is 108 cm³/mol. The molecule has 0 saturated carbocycles. The number of nitrogens with one attached hydrogen (secondary N) is 1. The van der Waals surface area contributed by atoms with Crippen molar-refractivity contribution in [3.63, 3.8) is 0 Å². The van der Waals surface area contributed by atoms with Gasteiger partial charge < -0.3 is 9.73 Å². The number of nitrogens with zero attached hydrogens (tertiary/aromatic N) is 3. The third-order valence-corrected chi connectivity index (χ3v) is 5.49. The zero-order chi connectivity index (χ0) is 19.5. The fourth-order valence-corrected chi connectivity index (χ4v) is 4.08. The lowest BCUT2D eigenvalue weighted by atomic mass is 10.2. The van der Waals surface area contributed by atoms with E-state index < -0.39 is 0 Å². The van der Waals surface area contributed by atoms with Crippen LogP contribution in [0.3, 0.4) is 0 Å². The highest BCUT2D eigenvalue weighted by Crippen LogP contribution is 2.26. The van der Waals surface area contributed by atoms with Gasteiger partial charge in [0.1, 0.15) is 10.9 Å². The number of para-hydroxylation sites is 1. The van der Waals surface area contributed by atoms with Crippen LogP contribution >= 0.6 is 11.6 Å². The summed E-state index contributed by atoms with van der Waals surface area (Å²) in [5.41, 5.74) is 1.83. The molecule has 1 aliphatic heterocycles. The first-order chi connectivity index (χ1) is 13.6. The zero-order valence-electron chi connectivity index (χ0n) is 15.8. The first-order valence-corrected chi connectivity index (χ1v) is 9.89. The fourth-order valence-electron chi connectivity index (χ4n) is 3.72. The summed E-state index contributed by atoms with van der Waals surface area (Å²) >= 11 is 6.51. The second-order valence-corrected chi connectivity index (χ2v) is 7.34. The largest absolute Gasteiger partial charge is 0.468 e. The first-order valence-electron chi connectivity index (χ1n) is 9.51. The second-order valence-electron chi connectivity index (χ2n) is 6.98. The van der Waals surface area contributed by atoms with Gasteiger partial charge in [0, 0.05) is 6.54 Å². The van der Waals surface area contributed by atoms with E-state index in [1.165, 1.54) is 12.8 Å². The van der Waals surface area contributed by atoms with Crippen LogP contribution in [0, 0.1) is 6.92 Å². The van der Waals surface area contributed by atoms with Gasteiger partial charge in [-0.1, -0.05) is 29.8 Å². The molecule has 1 aliphatic rings. The molecule has 1 saturated heterocycles. The van der Waals surface area contributed by atoms with Crippen molar-refractivity contribution in [1.29, 1.82) is 0 Å². The van der Waals surface area contributed by atoms with E-state index in [1.54, 1.807) is 17.9 Å². The summed E-state index contributed by atoms with van der Waals surface area (Å²) in [7, 11) is 0. The Morgan fingerprint density at radius 1 is 1.21 bits per heavy atom. The van der Waals surface area contributed by atoms with Crippen molar-refractivity contribution in [2.45, 2.75) is 25.8 Å². The molecule has 4 rings (SSSR count). The van der Waals surface area contributed by atoms with E-state index in [9.17, 15) is 4.79 Å². The number of carbonyl (C=O) groups is 1. The number of rotatable bonds is 6. The van der Waals surface area contributed by atoms with Crippen molar-refractivity contribution in [3.05, 3.63) is 70.9 Å². The number of benzene rings is 1. The highest BCUT2D eigenvalue weighted by atomic mass is 35.5. The van der Waals surface area contributed by atoms with Gasteiger partial charge in [0.25, 0.3) is 5.91 Å². The summed E-state index contributed by atoms with van der Waals surface area (Å²) in [4.78, 5) is 15.3. The van der Waals surface area contributed by atoms with E-state index in [-0.39, 0.29) is 11.9 Å². The minimum absolute atomic E-state index is 0.0182. The molecule has 1 aromatic carbocycles. The van der Waals surface area contributed by atoms with Gasteiger partial charge in [-0.2, -0.15) is 5.10 Å². The third kappa shape index (κ3) is 3.70.